The van der Waals surface area contributed by atoms with Crippen LogP contribution in [-0.2, 0) is 4.79 Å². The number of nitrogens with one attached hydrogen (secondary N) is 2. The number of phenolic OH excluding ortho intramolecular Hbond substituents is 1. The first-order valence-electron chi connectivity index (χ1n) is 6.87. The average Bonchev–Trinajstić information content (AvgIpc) is 2.57. The zero-order valence-electron chi connectivity index (χ0n) is 12.7. The first-order valence-corrected chi connectivity index (χ1v) is 9.03. The number of rotatable bonds is 6. The molecule has 0 aromatic heterocycles. The minimum absolute atomic E-state index is 0.0843. The van der Waals surface area contributed by atoms with Gasteiger partial charge in [0.1, 0.15) is 0 Å². The molecule has 0 bridgehead atoms. The maximum atomic E-state index is 11.8. The van der Waals surface area contributed by atoms with Crippen molar-refractivity contribution in [2.24, 2.45) is 5.10 Å². The molecule has 1 amide bonds. The summed E-state index contributed by atoms with van der Waals surface area (Å²) in [4.78, 5) is 11.8. The SMILES string of the molecule is COc1cc(/C=N/NC(=O)CNc2ccc(I)cc2)cc(I)c1O. The van der Waals surface area contributed by atoms with Crippen LogP contribution < -0.4 is 15.5 Å². The third-order valence-electron chi connectivity index (χ3n) is 2.97. The number of nitrogens with zero attached hydrogens (tertiary/aromatic N) is 1. The number of carbonyl (C=O) groups is 1. The van der Waals surface area contributed by atoms with Crippen LogP contribution in [0.1, 0.15) is 5.56 Å². The van der Waals surface area contributed by atoms with E-state index >= 15 is 0 Å². The molecule has 0 aliphatic heterocycles. The van der Waals surface area contributed by atoms with Crippen LogP contribution in [0.5, 0.6) is 11.5 Å². The summed E-state index contributed by atoms with van der Waals surface area (Å²) in [6, 6.07) is 11.1. The lowest BCUT2D eigenvalue weighted by Gasteiger charge is -2.07. The maximum absolute atomic E-state index is 11.8. The van der Waals surface area contributed by atoms with Gasteiger partial charge in [-0.25, -0.2) is 5.43 Å². The number of halogens is 2. The van der Waals surface area contributed by atoms with Crippen LogP contribution in [0.3, 0.4) is 0 Å². The fourth-order valence-electron chi connectivity index (χ4n) is 1.79. The summed E-state index contributed by atoms with van der Waals surface area (Å²) in [5.41, 5.74) is 4.02. The van der Waals surface area contributed by atoms with E-state index in [1.165, 1.54) is 13.3 Å². The van der Waals surface area contributed by atoms with Crippen molar-refractivity contribution in [1.29, 1.82) is 0 Å². The number of phenols is 1. The summed E-state index contributed by atoms with van der Waals surface area (Å²) < 4.78 is 6.85. The second kappa shape index (κ2) is 9.06. The Morgan fingerprint density at radius 1 is 1.29 bits per heavy atom. The lowest BCUT2D eigenvalue weighted by molar-refractivity contribution is -0.119. The van der Waals surface area contributed by atoms with Gasteiger partial charge in [-0.15, -0.1) is 0 Å². The zero-order chi connectivity index (χ0) is 17.5. The predicted molar refractivity (Wildman–Crippen MR) is 111 cm³/mol. The number of hydrazone groups is 1. The molecule has 0 heterocycles. The second-order valence-corrected chi connectivity index (χ2v) is 7.12. The molecule has 2 aromatic carbocycles. The fraction of sp³-hybridized carbons (Fsp3) is 0.125. The quantitative estimate of drug-likeness (QED) is 0.293. The summed E-state index contributed by atoms with van der Waals surface area (Å²) in [5.74, 6) is 0.182. The zero-order valence-corrected chi connectivity index (χ0v) is 17.0. The second-order valence-electron chi connectivity index (χ2n) is 4.71. The Labute approximate surface area is 167 Å². The highest BCUT2D eigenvalue weighted by Gasteiger charge is 2.07. The van der Waals surface area contributed by atoms with Crippen molar-refractivity contribution < 1.29 is 14.6 Å². The topological polar surface area (TPSA) is 83.0 Å². The fourth-order valence-corrected chi connectivity index (χ4v) is 2.78. The Kier molecular flexibility index (Phi) is 7.09. The van der Waals surface area contributed by atoms with Gasteiger partial charge in [0.2, 0.25) is 0 Å². The Balaban J connectivity index is 1.88. The molecular formula is C16H15I2N3O3. The molecule has 3 N–H and O–H groups in total. The molecule has 0 aliphatic carbocycles. The number of ether oxygens (including phenoxy) is 1. The normalized spacial score (nSPS) is 10.6. The number of methoxy groups -OCH3 is 1. The van der Waals surface area contributed by atoms with E-state index < -0.39 is 0 Å². The molecule has 6 nitrogen and oxygen atoms in total. The first-order chi connectivity index (χ1) is 11.5. The van der Waals surface area contributed by atoms with Gasteiger partial charge in [-0.3, -0.25) is 4.79 Å². The van der Waals surface area contributed by atoms with E-state index in [4.69, 9.17) is 4.74 Å². The average molecular weight is 551 g/mol. The minimum atomic E-state index is -0.259. The number of benzene rings is 2. The van der Waals surface area contributed by atoms with Crippen LogP contribution in [-0.4, -0.2) is 30.9 Å². The molecule has 126 valence electrons. The Bertz CT molecular complexity index is 749. The molecule has 0 saturated carbocycles. The molecule has 0 radical (unpaired) electrons. The van der Waals surface area contributed by atoms with E-state index in [1.807, 2.05) is 46.9 Å². The minimum Gasteiger partial charge on any atom is -0.504 e. The third-order valence-corrected chi connectivity index (χ3v) is 4.51. The smallest absolute Gasteiger partial charge is 0.259 e. The molecule has 0 aliphatic rings. The Hall–Kier alpha value is -1.56. The van der Waals surface area contributed by atoms with Crippen molar-refractivity contribution in [2.45, 2.75) is 0 Å². The van der Waals surface area contributed by atoms with Crippen LogP contribution in [0.25, 0.3) is 0 Å². The highest BCUT2D eigenvalue weighted by atomic mass is 127. The lowest BCUT2D eigenvalue weighted by Crippen LogP contribution is -2.25. The van der Waals surface area contributed by atoms with Gasteiger partial charge in [-0.1, -0.05) is 0 Å². The van der Waals surface area contributed by atoms with Gasteiger partial charge in [-0.2, -0.15) is 5.10 Å². The lowest BCUT2D eigenvalue weighted by atomic mass is 10.2. The van der Waals surface area contributed by atoms with Crippen LogP contribution in [0.2, 0.25) is 0 Å². The van der Waals surface area contributed by atoms with Gasteiger partial charge in [0, 0.05) is 9.26 Å². The maximum Gasteiger partial charge on any atom is 0.259 e. The largest absolute Gasteiger partial charge is 0.504 e. The first kappa shape index (κ1) is 18.8. The highest BCUT2D eigenvalue weighted by molar-refractivity contribution is 14.1. The Morgan fingerprint density at radius 3 is 2.67 bits per heavy atom. The summed E-state index contributed by atoms with van der Waals surface area (Å²) in [5, 5.41) is 16.7. The standard InChI is InChI=1S/C16H15I2N3O3/c1-24-14-7-10(6-13(18)16(14)23)8-20-21-15(22)9-19-12-4-2-11(17)3-5-12/h2-8,19,23H,9H2,1H3,(H,21,22)/b20-8+. The molecule has 0 saturated heterocycles. The molecule has 8 heteroatoms. The van der Waals surface area contributed by atoms with Crippen molar-refractivity contribution in [3.63, 3.8) is 0 Å². The van der Waals surface area contributed by atoms with Gasteiger partial charge >= 0.3 is 0 Å². The number of hydrogen-bond acceptors (Lipinski definition) is 5. The molecule has 24 heavy (non-hydrogen) atoms. The van der Waals surface area contributed by atoms with E-state index in [-0.39, 0.29) is 18.2 Å². The van der Waals surface area contributed by atoms with Crippen molar-refractivity contribution in [3.8, 4) is 11.5 Å². The van der Waals surface area contributed by atoms with Crippen LogP contribution >= 0.6 is 45.2 Å². The van der Waals surface area contributed by atoms with Crippen LogP contribution in [0.4, 0.5) is 5.69 Å². The van der Waals surface area contributed by atoms with E-state index in [1.54, 1.807) is 12.1 Å². The van der Waals surface area contributed by atoms with E-state index in [0.29, 0.717) is 14.9 Å². The van der Waals surface area contributed by atoms with Crippen molar-refractivity contribution in [3.05, 3.63) is 49.1 Å². The van der Waals surface area contributed by atoms with E-state index in [9.17, 15) is 9.90 Å². The van der Waals surface area contributed by atoms with Crippen LogP contribution in [0, 0.1) is 7.14 Å². The van der Waals surface area contributed by atoms with E-state index in [0.717, 1.165) is 9.26 Å². The van der Waals surface area contributed by atoms with Gasteiger partial charge < -0.3 is 15.2 Å². The molecule has 0 atom stereocenters. The number of amides is 1. The monoisotopic (exact) mass is 551 g/mol. The van der Waals surface area contributed by atoms with Crippen LogP contribution in [0.15, 0.2) is 41.5 Å². The van der Waals surface area contributed by atoms with Crippen molar-refractivity contribution in [1.82, 2.24) is 5.43 Å². The molecule has 0 fully saturated rings. The van der Waals surface area contributed by atoms with Gasteiger partial charge in [0.15, 0.2) is 11.5 Å². The molecule has 2 aromatic rings. The Morgan fingerprint density at radius 2 is 2.00 bits per heavy atom. The number of aromatic hydroxyl groups is 1. The number of hydrogen-bond donors (Lipinski definition) is 3. The van der Waals surface area contributed by atoms with Gasteiger partial charge in [-0.05, 0) is 87.1 Å². The summed E-state index contributed by atoms with van der Waals surface area (Å²) in [6.45, 7) is 0.119. The summed E-state index contributed by atoms with van der Waals surface area (Å²) >= 11 is 4.22. The van der Waals surface area contributed by atoms with Crippen molar-refractivity contribution in [2.75, 3.05) is 19.0 Å². The van der Waals surface area contributed by atoms with Gasteiger partial charge in [0.05, 0.1) is 23.4 Å². The number of carbonyl (C=O) groups excluding carboxylic acids is 1. The van der Waals surface area contributed by atoms with Gasteiger partial charge in [0.25, 0.3) is 5.91 Å². The molecule has 0 unspecified atom stereocenters. The summed E-state index contributed by atoms with van der Waals surface area (Å²) in [7, 11) is 1.48. The molecule has 0 spiro atoms. The third kappa shape index (κ3) is 5.51. The number of anilines is 1. The summed E-state index contributed by atoms with van der Waals surface area (Å²) in [6.07, 6.45) is 1.49. The predicted octanol–water partition coefficient (Wildman–Crippen LogP) is 3.17. The van der Waals surface area contributed by atoms with Crippen molar-refractivity contribution >= 4 is 63.0 Å². The highest BCUT2D eigenvalue weighted by Crippen LogP contribution is 2.31. The molecular weight excluding hydrogens is 536 g/mol. The molecule has 2 rings (SSSR count). The van der Waals surface area contributed by atoms with E-state index in [2.05, 4.69) is 38.4 Å².